The van der Waals surface area contributed by atoms with E-state index < -0.39 is 5.97 Å². The highest BCUT2D eigenvalue weighted by Crippen LogP contribution is 2.43. The maximum atomic E-state index is 12.1. The number of fused-ring (bicyclic) bond motifs is 1. The first-order valence-corrected chi connectivity index (χ1v) is 12.2. The number of hydrogen-bond acceptors (Lipinski definition) is 5. The molecule has 3 aliphatic carbocycles. The van der Waals surface area contributed by atoms with Gasteiger partial charge in [-0.05, 0) is 31.2 Å². The highest BCUT2D eigenvalue weighted by atomic mass is 32.1. The lowest BCUT2D eigenvalue weighted by Gasteiger charge is -2.32. The molecule has 0 radical (unpaired) electrons. The average Bonchev–Trinajstić information content (AvgIpc) is 3.35. The van der Waals surface area contributed by atoms with Crippen LogP contribution in [-0.4, -0.2) is 32.2 Å². The molecule has 3 aliphatic rings. The van der Waals surface area contributed by atoms with Crippen LogP contribution in [0.15, 0.2) is 48.1 Å². The summed E-state index contributed by atoms with van der Waals surface area (Å²) >= 11 is 1.66. The summed E-state index contributed by atoms with van der Waals surface area (Å²) in [5.74, 6) is 0.260. The van der Waals surface area contributed by atoms with Crippen molar-refractivity contribution in [1.82, 2.24) is 15.2 Å². The number of nitrogens with one attached hydrogen (secondary N) is 2. The second-order valence-electron chi connectivity index (χ2n) is 8.91. The first-order valence-electron chi connectivity index (χ1n) is 11.3. The van der Waals surface area contributed by atoms with Gasteiger partial charge in [-0.1, -0.05) is 48.9 Å². The van der Waals surface area contributed by atoms with Crippen LogP contribution in [0.2, 0.25) is 0 Å². The Kier molecular flexibility index (Phi) is 5.85. The Morgan fingerprint density at radius 3 is 2.48 bits per heavy atom. The van der Waals surface area contributed by atoms with Crippen LogP contribution in [0.25, 0.3) is 6.08 Å². The maximum Gasteiger partial charge on any atom is 0.306 e. The number of carboxylic acid groups (broad SMARTS) is 1. The van der Waals surface area contributed by atoms with Crippen molar-refractivity contribution in [2.75, 3.05) is 5.32 Å². The van der Waals surface area contributed by atoms with E-state index in [2.05, 4.69) is 56.9 Å². The van der Waals surface area contributed by atoms with E-state index >= 15 is 0 Å². The maximum absolute atomic E-state index is 12.1. The number of allylic oxidation sites excluding steroid dienone is 1. The van der Waals surface area contributed by atoms with Gasteiger partial charge in [0.05, 0.1) is 16.8 Å². The smallest absolute Gasteiger partial charge is 0.306 e. The Hall–Kier alpha value is -3.26. The Morgan fingerprint density at radius 2 is 1.91 bits per heavy atom. The summed E-state index contributed by atoms with van der Waals surface area (Å²) in [5.41, 5.74) is 4.85. The molecular formula is C25H26N4O3S. The number of nitrogens with zero attached hydrogens (tertiary/aromatic N) is 2. The number of carbonyl (C=O) groups excluding carboxylic acids is 1. The van der Waals surface area contributed by atoms with Gasteiger partial charge >= 0.3 is 5.97 Å². The summed E-state index contributed by atoms with van der Waals surface area (Å²) < 4.78 is 0. The van der Waals surface area contributed by atoms with Gasteiger partial charge in [-0.3, -0.25) is 19.7 Å². The van der Waals surface area contributed by atoms with Gasteiger partial charge in [0.1, 0.15) is 0 Å². The topological polar surface area (TPSA) is 108 Å². The molecule has 2 saturated carbocycles. The van der Waals surface area contributed by atoms with Crippen molar-refractivity contribution < 1.29 is 14.7 Å². The highest BCUT2D eigenvalue weighted by Gasteiger charge is 2.38. The van der Waals surface area contributed by atoms with Crippen molar-refractivity contribution in [2.45, 2.75) is 43.9 Å². The summed E-state index contributed by atoms with van der Waals surface area (Å²) in [7, 11) is 0. The summed E-state index contributed by atoms with van der Waals surface area (Å²) in [5, 5.41) is 18.7. The molecule has 1 unspecified atom stereocenters. The fourth-order valence-corrected chi connectivity index (χ4v) is 5.09. The molecule has 1 atom stereocenters. The van der Waals surface area contributed by atoms with Crippen molar-refractivity contribution in [3.8, 4) is 0 Å². The van der Waals surface area contributed by atoms with Gasteiger partial charge in [0, 0.05) is 34.7 Å². The van der Waals surface area contributed by atoms with Crippen LogP contribution in [-0.2, 0) is 21.4 Å². The van der Waals surface area contributed by atoms with Gasteiger partial charge in [0.25, 0.3) is 0 Å². The number of H-pyrrole nitrogens is 1. The molecule has 33 heavy (non-hydrogen) atoms. The monoisotopic (exact) mass is 462 g/mol. The largest absolute Gasteiger partial charge is 0.481 e. The molecule has 0 saturated heterocycles. The second-order valence-corrected chi connectivity index (χ2v) is 9.79. The number of amides is 1. The van der Waals surface area contributed by atoms with Crippen molar-refractivity contribution in [1.29, 1.82) is 0 Å². The van der Waals surface area contributed by atoms with E-state index in [0.717, 1.165) is 49.8 Å². The van der Waals surface area contributed by atoms with Crippen LogP contribution in [0.3, 0.4) is 0 Å². The van der Waals surface area contributed by atoms with Crippen LogP contribution < -0.4 is 5.32 Å². The van der Waals surface area contributed by atoms with E-state index in [9.17, 15) is 9.59 Å². The lowest BCUT2D eigenvalue weighted by atomic mass is 9.72. The van der Waals surface area contributed by atoms with Crippen LogP contribution >= 0.6 is 11.3 Å². The predicted molar refractivity (Wildman–Crippen MR) is 127 cm³/mol. The molecule has 170 valence electrons. The van der Waals surface area contributed by atoms with Gasteiger partial charge in [0.15, 0.2) is 5.82 Å². The molecule has 1 aromatic carbocycles. The number of benzene rings is 1. The number of aliphatic carboxylic acids is 1. The number of aromatic nitrogens is 3. The molecule has 8 heteroatoms. The van der Waals surface area contributed by atoms with Crippen LogP contribution in [0.1, 0.15) is 53.8 Å². The lowest BCUT2D eigenvalue weighted by Crippen LogP contribution is -2.29. The van der Waals surface area contributed by atoms with E-state index in [1.165, 1.54) is 10.4 Å². The summed E-state index contributed by atoms with van der Waals surface area (Å²) in [6.07, 6.45) is 11.9. The third kappa shape index (κ3) is 4.35. The Labute approximate surface area is 196 Å². The minimum Gasteiger partial charge on any atom is -0.481 e. The first-order chi connectivity index (χ1) is 16.1. The van der Waals surface area contributed by atoms with Crippen molar-refractivity contribution in [3.63, 3.8) is 0 Å². The summed E-state index contributed by atoms with van der Waals surface area (Å²) in [4.78, 5) is 27.6. The van der Waals surface area contributed by atoms with Gasteiger partial charge < -0.3 is 10.4 Å². The number of carboxylic acids is 1. The minimum atomic E-state index is -0.619. The predicted octanol–water partition coefficient (Wildman–Crippen LogP) is 4.64. The fraction of sp³-hybridized carbons (Fsp3) is 0.360. The summed E-state index contributed by atoms with van der Waals surface area (Å²) in [6.45, 7) is 0. The van der Waals surface area contributed by atoms with Crippen LogP contribution in [0, 0.1) is 11.8 Å². The zero-order chi connectivity index (χ0) is 22.8. The molecule has 2 fully saturated rings. The van der Waals surface area contributed by atoms with E-state index in [4.69, 9.17) is 5.11 Å². The lowest BCUT2D eigenvalue weighted by molar-refractivity contribution is -0.144. The average molecular weight is 463 g/mol. The molecule has 1 amide bonds. The molecule has 0 aliphatic heterocycles. The Bertz CT molecular complexity index is 1160. The van der Waals surface area contributed by atoms with E-state index in [1.54, 1.807) is 11.3 Å². The summed E-state index contributed by atoms with van der Waals surface area (Å²) in [6, 6.07) is 10.5. The van der Waals surface area contributed by atoms with Crippen molar-refractivity contribution >= 4 is 35.1 Å². The van der Waals surface area contributed by atoms with Crippen molar-refractivity contribution in [2.24, 2.45) is 11.8 Å². The first kappa shape index (κ1) is 21.6. The zero-order valence-electron chi connectivity index (χ0n) is 18.2. The third-order valence-electron chi connectivity index (χ3n) is 6.68. The quantitative estimate of drug-likeness (QED) is 0.512. The normalized spacial score (nSPS) is 21.3. The number of anilines is 1. The molecule has 3 N–H and O–H groups in total. The highest BCUT2D eigenvalue weighted by molar-refractivity contribution is 7.09. The number of rotatable bonds is 5. The zero-order valence-corrected chi connectivity index (χ0v) is 19.0. The molecule has 3 aromatic rings. The van der Waals surface area contributed by atoms with E-state index in [0.29, 0.717) is 5.82 Å². The molecular weight excluding hydrogens is 436 g/mol. The number of hydrogen-bond donors (Lipinski definition) is 3. The second kappa shape index (κ2) is 8.94. The van der Waals surface area contributed by atoms with Crippen LogP contribution in [0.5, 0.6) is 0 Å². The SMILES string of the molecule is O=C(Nc1n[nH]c2c1C=CC(c1ccccc1)(c1cncs1)C2)C1CC1.O=C(O)C1CCC1. The third-order valence-corrected chi connectivity index (χ3v) is 7.63. The van der Waals surface area contributed by atoms with E-state index in [1.807, 2.05) is 17.8 Å². The molecule has 6 rings (SSSR count). The Morgan fingerprint density at radius 1 is 1.12 bits per heavy atom. The fourth-order valence-electron chi connectivity index (χ4n) is 4.26. The number of thiazole rings is 1. The number of carbonyl (C=O) groups is 2. The van der Waals surface area contributed by atoms with Gasteiger partial charge in [-0.2, -0.15) is 5.10 Å². The molecule has 2 aromatic heterocycles. The molecule has 2 heterocycles. The Balaban J connectivity index is 0.000000281. The van der Waals surface area contributed by atoms with Crippen molar-refractivity contribution in [3.05, 3.63) is 69.8 Å². The minimum absolute atomic E-state index is 0.000000000000000444. The van der Waals surface area contributed by atoms with Gasteiger partial charge in [0.2, 0.25) is 5.91 Å². The van der Waals surface area contributed by atoms with E-state index in [-0.39, 0.29) is 23.2 Å². The standard InChI is InChI=1S/C20H18N4OS.C5H8O2/c25-19(13-6-7-13)22-18-15-8-9-20(10-16(15)23-24-18,17-11-21-12-26-17)14-4-2-1-3-5-14;6-5(7)4-2-1-3-4/h1-5,8-9,11-13H,6-7,10H2,(H2,22,23,24,25);4H,1-3H2,(H,6,7). The van der Waals surface area contributed by atoms with Gasteiger partial charge in [-0.25, -0.2) is 0 Å². The van der Waals surface area contributed by atoms with Gasteiger partial charge in [-0.15, -0.1) is 11.3 Å². The van der Waals surface area contributed by atoms with Crippen LogP contribution in [0.4, 0.5) is 5.82 Å². The molecule has 0 spiro atoms. The molecule has 7 nitrogen and oxygen atoms in total. The number of aromatic amines is 1. The molecule has 0 bridgehead atoms.